The van der Waals surface area contributed by atoms with Crippen LogP contribution in [0.15, 0.2) is 30.3 Å². The van der Waals surface area contributed by atoms with E-state index in [9.17, 15) is 0 Å². The zero-order chi connectivity index (χ0) is 6.69. The van der Waals surface area contributed by atoms with E-state index < -0.39 is 0 Å². The van der Waals surface area contributed by atoms with E-state index >= 15 is 0 Å². The lowest BCUT2D eigenvalue weighted by molar-refractivity contribution is 0.762. The molecule has 0 aromatic heterocycles. The fourth-order valence-corrected chi connectivity index (χ4v) is 0.726. The monoisotopic (exact) mass is 121 g/mol. The molecule has 0 spiro atoms. The van der Waals surface area contributed by atoms with Crippen LogP contribution in [0, 0.1) is 0 Å². The van der Waals surface area contributed by atoms with Crippen molar-refractivity contribution >= 4 is 5.69 Å². The van der Waals surface area contributed by atoms with Crippen LogP contribution in [0.5, 0.6) is 0 Å². The quantitative estimate of drug-likeness (QED) is 0.499. The molecule has 0 saturated heterocycles. The average Bonchev–Trinajstić information content (AvgIpc) is 1.90. The first-order valence-electron chi connectivity index (χ1n) is 3.03. The van der Waals surface area contributed by atoms with Crippen molar-refractivity contribution in [1.29, 1.82) is 0 Å². The Balaban J connectivity index is 2.85. The largest absolute Gasteiger partial charge is 0.180 e. The average molecular weight is 121 g/mol. The number of rotatable bonds is 1. The highest BCUT2D eigenvalue weighted by molar-refractivity contribution is 5.36. The molecule has 0 aliphatic rings. The lowest BCUT2D eigenvalue weighted by Crippen LogP contribution is -2.09. The van der Waals surface area contributed by atoms with Gasteiger partial charge in [0.05, 0.1) is 0 Å². The molecule has 1 aromatic rings. The molecule has 0 unspecified atom stereocenters. The van der Waals surface area contributed by atoms with E-state index in [1.807, 2.05) is 32.3 Å². The first-order chi connectivity index (χ1) is 4.30. The van der Waals surface area contributed by atoms with Gasteiger partial charge in [0, 0.05) is 12.1 Å². The number of para-hydroxylation sites is 1. The maximum atomic E-state index is 2.08. The van der Waals surface area contributed by atoms with Gasteiger partial charge in [0.1, 0.15) is 14.1 Å². The minimum atomic E-state index is 1.25. The Morgan fingerprint density at radius 1 is 1.00 bits per heavy atom. The van der Waals surface area contributed by atoms with Gasteiger partial charge in [-0.15, -0.1) is 4.90 Å². The molecule has 0 heterocycles. The standard InChI is InChI=1S/C8H11N/c1-9(2)8-6-4-3-5-7-8/h3-7H,1-2H3/q+1. The van der Waals surface area contributed by atoms with Gasteiger partial charge in [0.25, 0.3) is 0 Å². The van der Waals surface area contributed by atoms with Crippen LogP contribution in [0.25, 0.3) is 0 Å². The molecule has 1 aromatic carbocycles. The molecule has 1 heteroatoms. The van der Waals surface area contributed by atoms with Gasteiger partial charge in [-0.2, -0.15) is 0 Å². The zero-order valence-corrected chi connectivity index (χ0v) is 5.83. The van der Waals surface area contributed by atoms with Crippen molar-refractivity contribution in [3.05, 3.63) is 30.3 Å². The van der Waals surface area contributed by atoms with E-state index in [-0.39, 0.29) is 0 Å². The zero-order valence-electron chi connectivity index (χ0n) is 5.83. The highest BCUT2D eigenvalue weighted by Crippen LogP contribution is 2.06. The molecule has 9 heavy (non-hydrogen) atoms. The van der Waals surface area contributed by atoms with Crippen molar-refractivity contribution in [3.63, 3.8) is 0 Å². The molecular weight excluding hydrogens is 110 g/mol. The minimum absolute atomic E-state index is 1.25. The minimum Gasteiger partial charge on any atom is -0.140 e. The van der Waals surface area contributed by atoms with Gasteiger partial charge in [0.15, 0.2) is 5.69 Å². The Labute approximate surface area is 55.9 Å². The summed E-state index contributed by atoms with van der Waals surface area (Å²) in [4.78, 5) is 2.08. The maximum absolute atomic E-state index is 2.08. The van der Waals surface area contributed by atoms with E-state index in [1.165, 1.54) is 5.69 Å². The smallest absolute Gasteiger partial charge is 0.140 e. The molecule has 1 rings (SSSR count). The van der Waals surface area contributed by atoms with Crippen LogP contribution < -0.4 is 4.90 Å². The van der Waals surface area contributed by atoms with E-state index in [2.05, 4.69) is 17.0 Å². The molecule has 0 fully saturated rings. The molecule has 47 valence electrons. The number of nitrogens with zero attached hydrogens (tertiary/aromatic N) is 1. The molecule has 0 amide bonds. The molecule has 0 atom stereocenters. The summed E-state index contributed by atoms with van der Waals surface area (Å²) < 4.78 is 0. The Hall–Kier alpha value is -0.820. The van der Waals surface area contributed by atoms with Crippen molar-refractivity contribution < 1.29 is 0 Å². The van der Waals surface area contributed by atoms with Crippen LogP contribution in [0.3, 0.4) is 0 Å². The van der Waals surface area contributed by atoms with E-state index in [0.29, 0.717) is 0 Å². The second-order valence-corrected chi connectivity index (χ2v) is 2.23. The Morgan fingerprint density at radius 3 is 1.89 bits per heavy atom. The van der Waals surface area contributed by atoms with Gasteiger partial charge in [-0.3, -0.25) is 0 Å². The Morgan fingerprint density at radius 2 is 1.56 bits per heavy atom. The number of hydrogen-bond acceptors (Lipinski definition) is 1. The van der Waals surface area contributed by atoms with Crippen molar-refractivity contribution in [2.75, 3.05) is 14.1 Å². The molecule has 0 saturated carbocycles. The Bertz CT molecular complexity index is 167. The van der Waals surface area contributed by atoms with Crippen LogP contribution in [0.4, 0.5) is 5.69 Å². The van der Waals surface area contributed by atoms with Crippen LogP contribution in [-0.2, 0) is 0 Å². The summed E-state index contributed by atoms with van der Waals surface area (Å²) in [5.41, 5.74) is 1.25. The fourth-order valence-electron chi connectivity index (χ4n) is 0.726. The molecule has 0 aliphatic heterocycles. The highest BCUT2D eigenvalue weighted by atomic mass is 15.1. The van der Waals surface area contributed by atoms with Crippen molar-refractivity contribution in [2.24, 2.45) is 0 Å². The predicted molar refractivity (Wildman–Crippen MR) is 40.1 cm³/mol. The second kappa shape index (κ2) is 2.65. The lowest BCUT2D eigenvalue weighted by Gasteiger charge is -1.95. The lowest BCUT2D eigenvalue weighted by atomic mass is 10.3. The van der Waals surface area contributed by atoms with Crippen LogP contribution in [-0.4, -0.2) is 14.1 Å². The summed E-state index contributed by atoms with van der Waals surface area (Å²) in [5.74, 6) is 0. The third kappa shape index (κ3) is 1.54. The van der Waals surface area contributed by atoms with E-state index in [0.717, 1.165) is 0 Å². The highest BCUT2D eigenvalue weighted by Gasteiger charge is 2.00. The van der Waals surface area contributed by atoms with Gasteiger partial charge >= 0.3 is 0 Å². The van der Waals surface area contributed by atoms with Crippen LogP contribution in [0.1, 0.15) is 0 Å². The van der Waals surface area contributed by atoms with Gasteiger partial charge in [-0.05, 0) is 0 Å². The summed E-state index contributed by atoms with van der Waals surface area (Å²) in [6, 6.07) is 10.3. The number of hydrogen-bond donors (Lipinski definition) is 0. The maximum Gasteiger partial charge on any atom is 0.180 e. The molecule has 0 bridgehead atoms. The molecule has 1 nitrogen and oxygen atoms in total. The molecule has 1 radical (unpaired) electrons. The van der Waals surface area contributed by atoms with Crippen LogP contribution >= 0.6 is 0 Å². The Kier molecular flexibility index (Phi) is 1.85. The summed E-state index contributed by atoms with van der Waals surface area (Å²) in [5, 5.41) is 0. The summed E-state index contributed by atoms with van der Waals surface area (Å²) in [6.07, 6.45) is 0. The summed E-state index contributed by atoms with van der Waals surface area (Å²) >= 11 is 0. The first-order valence-corrected chi connectivity index (χ1v) is 3.03. The van der Waals surface area contributed by atoms with E-state index in [1.54, 1.807) is 0 Å². The van der Waals surface area contributed by atoms with E-state index in [4.69, 9.17) is 0 Å². The SMILES string of the molecule is C[N+](C)c1ccccc1. The van der Waals surface area contributed by atoms with Gasteiger partial charge < -0.3 is 0 Å². The molecule has 0 aliphatic carbocycles. The number of anilines is 1. The predicted octanol–water partition coefficient (Wildman–Crippen LogP) is 1.72. The van der Waals surface area contributed by atoms with Gasteiger partial charge in [-0.25, -0.2) is 0 Å². The normalized spacial score (nSPS) is 10.1. The van der Waals surface area contributed by atoms with Crippen molar-refractivity contribution in [2.45, 2.75) is 0 Å². The second-order valence-electron chi connectivity index (χ2n) is 2.23. The van der Waals surface area contributed by atoms with Crippen LogP contribution in [0.2, 0.25) is 0 Å². The molecular formula is C8H11N+. The fraction of sp³-hybridized carbons (Fsp3) is 0.250. The third-order valence-electron chi connectivity index (χ3n) is 1.27. The topological polar surface area (TPSA) is 5.90 Å². The van der Waals surface area contributed by atoms with Gasteiger partial charge in [0.2, 0.25) is 0 Å². The first kappa shape index (κ1) is 6.30. The third-order valence-corrected chi connectivity index (χ3v) is 1.27. The van der Waals surface area contributed by atoms with Gasteiger partial charge in [-0.1, -0.05) is 18.2 Å². The van der Waals surface area contributed by atoms with Crippen molar-refractivity contribution in [3.8, 4) is 0 Å². The summed E-state index contributed by atoms with van der Waals surface area (Å²) in [6.45, 7) is 0. The summed E-state index contributed by atoms with van der Waals surface area (Å²) in [7, 11) is 4.07. The van der Waals surface area contributed by atoms with Crippen molar-refractivity contribution in [1.82, 2.24) is 4.90 Å². The number of benzene rings is 1. The molecule has 0 N–H and O–H groups in total.